The van der Waals surface area contributed by atoms with Crippen LogP contribution in [0.25, 0.3) is 0 Å². The quantitative estimate of drug-likeness (QED) is 0.739. The number of aliphatic hydroxyl groups excluding tert-OH is 1. The summed E-state index contributed by atoms with van der Waals surface area (Å²) in [6, 6.07) is 5.55. The summed E-state index contributed by atoms with van der Waals surface area (Å²) in [4.78, 5) is 0. The summed E-state index contributed by atoms with van der Waals surface area (Å²) in [7, 11) is 0. The van der Waals surface area contributed by atoms with Crippen LogP contribution in [0.1, 0.15) is 11.6 Å². The molecule has 1 atom stereocenters. The second-order valence-corrected chi connectivity index (χ2v) is 2.31. The molecule has 0 bridgehead atoms. The van der Waals surface area contributed by atoms with Crippen molar-refractivity contribution in [3.8, 4) is 0 Å². The van der Waals surface area contributed by atoms with Gasteiger partial charge in [-0.2, -0.15) is 0 Å². The number of halogens is 2. The van der Waals surface area contributed by atoms with Crippen molar-refractivity contribution >= 4 is 12.4 Å². The molecule has 0 amide bonds. The van der Waals surface area contributed by atoms with Crippen LogP contribution in [0.4, 0.5) is 4.39 Å². The van der Waals surface area contributed by atoms with Crippen LogP contribution >= 0.6 is 12.4 Å². The minimum atomic E-state index is -0.615. The fourth-order valence-corrected chi connectivity index (χ4v) is 0.874. The number of hydrogen-bond acceptors (Lipinski definition) is 2. The Morgan fingerprint density at radius 2 is 2.00 bits per heavy atom. The zero-order chi connectivity index (χ0) is 8.27. The van der Waals surface area contributed by atoms with E-state index in [1.165, 1.54) is 6.07 Å². The number of aliphatic hydroxyl groups is 1. The van der Waals surface area contributed by atoms with E-state index in [2.05, 4.69) is 0 Å². The average Bonchev–Trinajstić information content (AvgIpc) is 2.04. The van der Waals surface area contributed by atoms with Crippen LogP contribution in [0, 0.1) is 5.82 Å². The van der Waals surface area contributed by atoms with Crippen LogP contribution in [0.15, 0.2) is 24.3 Å². The van der Waals surface area contributed by atoms with Gasteiger partial charge in [0.15, 0.2) is 0 Å². The van der Waals surface area contributed by atoms with Crippen molar-refractivity contribution in [2.75, 3.05) is 6.61 Å². The van der Waals surface area contributed by atoms with Gasteiger partial charge in [-0.05, 0) is 6.07 Å². The van der Waals surface area contributed by atoms with Gasteiger partial charge in [-0.25, -0.2) is 4.39 Å². The molecule has 0 unspecified atom stereocenters. The monoisotopic (exact) mass is 191 g/mol. The Labute approximate surface area is 76.6 Å². The maximum Gasteiger partial charge on any atom is 0.128 e. The Bertz CT molecular complexity index is 244. The summed E-state index contributed by atoms with van der Waals surface area (Å²) in [5.41, 5.74) is 5.76. The smallest absolute Gasteiger partial charge is 0.128 e. The second kappa shape index (κ2) is 5.09. The molecule has 0 saturated heterocycles. The SMILES string of the molecule is Cl.N[C@@H](CO)c1ccccc1F. The van der Waals surface area contributed by atoms with Crippen LogP contribution in [0.2, 0.25) is 0 Å². The zero-order valence-corrected chi connectivity index (χ0v) is 7.22. The lowest BCUT2D eigenvalue weighted by atomic mass is 10.1. The third kappa shape index (κ3) is 2.44. The van der Waals surface area contributed by atoms with Crippen LogP contribution in [-0.4, -0.2) is 11.7 Å². The summed E-state index contributed by atoms with van der Waals surface area (Å²) in [6.07, 6.45) is 0. The van der Waals surface area contributed by atoms with Gasteiger partial charge in [-0.15, -0.1) is 12.4 Å². The zero-order valence-electron chi connectivity index (χ0n) is 6.40. The molecular weight excluding hydrogens is 181 g/mol. The first-order valence-electron chi connectivity index (χ1n) is 3.36. The van der Waals surface area contributed by atoms with Gasteiger partial charge >= 0.3 is 0 Å². The molecule has 0 fully saturated rings. The summed E-state index contributed by atoms with van der Waals surface area (Å²) < 4.78 is 12.8. The summed E-state index contributed by atoms with van der Waals surface area (Å²) >= 11 is 0. The summed E-state index contributed by atoms with van der Waals surface area (Å²) in [6.45, 7) is -0.235. The van der Waals surface area contributed by atoms with Gasteiger partial charge in [0.25, 0.3) is 0 Å². The van der Waals surface area contributed by atoms with Crippen LogP contribution in [0.3, 0.4) is 0 Å². The largest absolute Gasteiger partial charge is 0.394 e. The molecule has 4 heteroatoms. The molecule has 0 aromatic heterocycles. The molecule has 0 heterocycles. The third-order valence-corrected chi connectivity index (χ3v) is 1.50. The van der Waals surface area contributed by atoms with Gasteiger partial charge < -0.3 is 10.8 Å². The highest BCUT2D eigenvalue weighted by Crippen LogP contribution is 2.12. The van der Waals surface area contributed by atoms with E-state index in [0.717, 1.165) is 0 Å². The van der Waals surface area contributed by atoms with Gasteiger partial charge in [0.2, 0.25) is 0 Å². The van der Waals surface area contributed by atoms with Gasteiger partial charge in [-0.1, -0.05) is 18.2 Å². The Morgan fingerprint density at radius 3 is 2.50 bits per heavy atom. The lowest BCUT2D eigenvalue weighted by Gasteiger charge is -2.08. The molecule has 68 valence electrons. The van der Waals surface area contributed by atoms with Gasteiger partial charge in [0.1, 0.15) is 5.82 Å². The van der Waals surface area contributed by atoms with E-state index in [4.69, 9.17) is 10.8 Å². The summed E-state index contributed by atoms with van der Waals surface area (Å²) in [5.74, 6) is -0.367. The lowest BCUT2D eigenvalue weighted by Crippen LogP contribution is -2.15. The molecule has 3 N–H and O–H groups in total. The van der Waals surface area contributed by atoms with Crippen molar-refractivity contribution < 1.29 is 9.50 Å². The predicted octanol–water partition coefficient (Wildman–Crippen LogP) is 1.24. The molecule has 0 aliphatic rings. The van der Waals surface area contributed by atoms with E-state index in [1.54, 1.807) is 18.2 Å². The van der Waals surface area contributed by atoms with E-state index in [9.17, 15) is 4.39 Å². The van der Waals surface area contributed by atoms with Gasteiger partial charge in [-0.3, -0.25) is 0 Å². The highest BCUT2D eigenvalue weighted by atomic mass is 35.5. The van der Waals surface area contributed by atoms with E-state index >= 15 is 0 Å². The molecule has 0 spiro atoms. The first-order valence-corrected chi connectivity index (χ1v) is 3.36. The van der Waals surface area contributed by atoms with E-state index < -0.39 is 6.04 Å². The molecule has 0 saturated carbocycles. The van der Waals surface area contributed by atoms with Crippen molar-refractivity contribution in [1.29, 1.82) is 0 Å². The molecule has 0 radical (unpaired) electrons. The van der Waals surface area contributed by atoms with Crippen molar-refractivity contribution in [3.05, 3.63) is 35.6 Å². The van der Waals surface area contributed by atoms with Crippen LogP contribution in [0.5, 0.6) is 0 Å². The van der Waals surface area contributed by atoms with Crippen LogP contribution in [-0.2, 0) is 0 Å². The minimum Gasteiger partial charge on any atom is -0.394 e. The molecule has 2 nitrogen and oxygen atoms in total. The first-order chi connectivity index (χ1) is 5.25. The van der Waals surface area contributed by atoms with E-state index in [0.29, 0.717) is 5.56 Å². The molecule has 1 aromatic carbocycles. The van der Waals surface area contributed by atoms with Crippen molar-refractivity contribution in [2.45, 2.75) is 6.04 Å². The fourth-order valence-electron chi connectivity index (χ4n) is 0.874. The van der Waals surface area contributed by atoms with E-state index in [1.807, 2.05) is 0 Å². The maximum atomic E-state index is 12.8. The first kappa shape index (κ1) is 11.4. The average molecular weight is 192 g/mol. The molecule has 12 heavy (non-hydrogen) atoms. The number of benzene rings is 1. The number of nitrogens with two attached hydrogens (primary N) is 1. The highest BCUT2D eigenvalue weighted by Gasteiger charge is 2.07. The van der Waals surface area contributed by atoms with Gasteiger partial charge in [0, 0.05) is 5.56 Å². The maximum absolute atomic E-state index is 12.8. The predicted molar refractivity (Wildman–Crippen MR) is 47.7 cm³/mol. The lowest BCUT2D eigenvalue weighted by molar-refractivity contribution is 0.265. The Morgan fingerprint density at radius 1 is 1.42 bits per heavy atom. The van der Waals surface area contributed by atoms with E-state index in [-0.39, 0.29) is 24.8 Å². The third-order valence-electron chi connectivity index (χ3n) is 1.50. The van der Waals surface area contributed by atoms with Gasteiger partial charge in [0.05, 0.1) is 12.6 Å². The summed E-state index contributed by atoms with van der Waals surface area (Å²) in [5, 5.41) is 8.62. The molecular formula is C8H11ClFNO. The standard InChI is InChI=1S/C8H10FNO.ClH/c9-7-4-2-1-3-6(7)8(10)5-11;/h1-4,8,11H,5,10H2;1H/t8-;/m0./s1. The van der Waals surface area contributed by atoms with Crippen molar-refractivity contribution in [2.24, 2.45) is 5.73 Å². The van der Waals surface area contributed by atoms with Crippen molar-refractivity contribution in [3.63, 3.8) is 0 Å². The highest BCUT2D eigenvalue weighted by molar-refractivity contribution is 5.85. The second-order valence-electron chi connectivity index (χ2n) is 2.31. The normalized spacial score (nSPS) is 11.9. The molecule has 1 rings (SSSR count). The number of hydrogen-bond donors (Lipinski definition) is 2. The molecule has 0 aliphatic carbocycles. The Hall–Kier alpha value is -0.640. The fraction of sp³-hybridized carbons (Fsp3) is 0.250. The number of rotatable bonds is 2. The topological polar surface area (TPSA) is 46.2 Å². The minimum absolute atomic E-state index is 0. The Kier molecular flexibility index (Phi) is 4.81. The molecule has 0 aliphatic heterocycles. The molecule has 1 aromatic rings. The Balaban J connectivity index is 0.00000121. The van der Waals surface area contributed by atoms with Crippen LogP contribution < -0.4 is 5.73 Å². The van der Waals surface area contributed by atoms with Crippen molar-refractivity contribution in [1.82, 2.24) is 0 Å².